The molecule has 0 radical (unpaired) electrons. The normalized spacial score (nSPS) is 13.6. The van der Waals surface area contributed by atoms with Crippen LogP contribution < -0.4 is 18.9 Å². The summed E-state index contributed by atoms with van der Waals surface area (Å²) in [5.41, 5.74) is 3.24. The van der Waals surface area contributed by atoms with Crippen molar-refractivity contribution in [1.29, 1.82) is 0 Å². The lowest BCUT2D eigenvalue weighted by Crippen LogP contribution is -1.98. The number of benzene rings is 3. The van der Waals surface area contributed by atoms with Crippen LogP contribution in [0.1, 0.15) is 34.0 Å². The molecule has 0 aliphatic carbocycles. The van der Waals surface area contributed by atoms with Gasteiger partial charge in [-0.15, -0.1) is 0 Å². The van der Waals surface area contributed by atoms with Gasteiger partial charge < -0.3 is 18.9 Å². The van der Waals surface area contributed by atoms with Gasteiger partial charge in [0.25, 0.3) is 0 Å². The third kappa shape index (κ3) is 4.40. The van der Waals surface area contributed by atoms with Gasteiger partial charge in [-0.25, -0.2) is 0 Å². The number of methoxy groups -OCH3 is 1. The molecular weight excluding hydrogens is 392 g/mol. The average molecular weight is 416 g/mol. The van der Waals surface area contributed by atoms with Gasteiger partial charge in [-0.1, -0.05) is 24.3 Å². The molecule has 0 unspecified atom stereocenters. The van der Waals surface area contributed by atoms with Crippen LogP contribution in [-0.4, -0.2) is 19.5 Å². The Labute approximate surface area is 181 Å². The van der Waals surface area contributed by atoms with Crippen molar-refractivity contribution in [2.45, 2.75) is 20.5 Å². The molecule has 5 nitrogen and oxygen atoms in total. The molecule has 0 saturated carbocycles. The summed E-state index contributed by atoms with van der Waals surface area (Å²) < 4.78 is 22.6. The fraction of sp³-hybridized carbons (Fsp3) is 0.192. The molecule has 31 heavy (non-hydrogen) atoms. The summed E-state index contributed by atoms with van der Waals surface area (Å²) in [6, 6.07) is 18.8. The first kappa shape index (κ1) is 20.5. The molecule has 1 heterocycles. The zero-order valence-corrected chi connectivity index (χ0v) is 17.8. The lowest BCUT2D eigenvalue weighted by atomic mass is 10.1. The fourth-order valence-corrected chi connectivity index (χ4v) is 3.39. The van der Waals surface area contributed by atoms with Crippen molar-refractivity contribution < 1.29 is 23.7 Å². The second kappa shape index (κ2) is 8.96. The Morgan fingerprint density at radius 3 is 2.29 bits per heavy atom. The topological polar surface area (TPSA) is 54.0 Å². The van der Waals surface area contributed by atoms with Gasteiger partial charge in [-0.05, 0) is 67.4 Å². The second-order valence-corrected chi connectivity index (χ2v) is 7.14. The van der Waals surface area contributed by atoms with Crippen LogP contribution in [0.2, 0.25) is 0 Å². The van der Waals surface area contributed by atoms with Gasteiger partial charge in [-0.3, -0.25) is 4.79 Å². The SMILES string of the molecule is CCOc1ccc(/C=C2\Oc3c(ccc(OCc4ccc(OC)cc4)c3C)C2=O)cc1. The third-order valence-corrected chi connectivity index (χ3v) is 5.08. The Balaban J connectivity index is 1.50. The molecule has 0 amide bonds. The molecule has 0 saturated heterocycles. The van der Waals surface area contributed by atoms with Crippen molar-refractivity contribution in [2.75, 3.05) is 13.7 Å². The summed E-state index contributed by atoms with van der Waals surface area (Å²) >= 11 is 0. The van der Waals surface area contributed by atoms with E-state index in [1.807, 2.05) is 68.4 Å². The van der Waals surface area contributed by atoms with Crippen LogP contribution in [0.25, 0.3) is 6.08 Å². The summed E-state index contributed by atoms with van der Waals surface area (Å²) in [4.78, 5) is 12.8. The van der Waals surface area contributed by atoms with E-state index < -0.39 is 0 Å². The first-order valence-electron chi connectivity index (χ1n) is 10.2. The molecule has 0 bridgehead atoms. The van der Waals surface area contributed by atoms with E-state index in [4.69, 9.17) is 18.9 Å². The summed E-state index contributed by atoms with van der Waals surface area (Å²) in [5, 5.41) is 0. The van der Waals surface area contributed by atoms with E-state index in [1.54, 1.807) is 19.3 Å². The number of allylic oxidation sites excluding steroid dienone is 1. The minimum absolute atomic E-state index is 0.131. The van der Waals surface area contributed by atoms with Crippen molar-refractivity contribution in [3.8, 4) is 23.0 Å². The molecule has 5 heteroatoms. The van der Waals surface area contributed by atoms with Crippen molar-refractivity contribution in [3.63, 3.8) is 0 Å². The van der Waals surface area contributed by atoms with E-state index in [-0.39, 0.29) is 5.78 Å². The lowest BCUT2D eigenvalue weighted by Gasteiger charge is -2.12. The predicted octanol–water partition coefficient (Wildman–Crippen LogP) is 5.60. The minimum atomic E-state index is -0.131. The summed E-state index contributed by atoms with van der Waals surface area (Å²) in [6.45, 7) is 4.86. The molecule has 1 aliphatic rings. The van der Waals surface area contributed by atoms with Crippen molar-refractivity contribution in [1.82, 2.24) is 0 Å². The molecule has 0 atom stereocenters. The van der Waals surface area contributed by atoms with Crippen LogP contribution in [0.4, 0.5) is 0 Å². The van der Waals surface area contributed by atoms with E-state index in [0.717, 1.165) is 28.2 Å². The van der Waals surface area contributed by atoms with Crippen LogP contribution in [0.5, 0.6) is 23.0 Å². The Morgan fingerprint density at radius 2 is 1.61 bits per heavy atom. The maximum Gasteiger partial charge on any atom is 0.231 e. The standard InChI is InChI=1S/C26H24O5/c1-4-29-21-11-5-18(6-12-21)15-24-25(27)22-13-14-23(17(2)26(22)31-24)30-16-19-7-9-20(28-3)10-8-19/h5-15H,4,16H2,1-3H3/b24-15-. The maximum atomic E-state index is 12.8. The Morgan fingerprint density at radius 1 is 0.903 bits per heavy atom. The van der Waals surface area contributed by atoms with Gasteiger partial charge in [0.2, 0.25) is 5.78 Å². The van der Waals surface area contributed by atoms with E-state index >= 15 is 0 Å². The van der Waals surface area contributed by atoms with Crippen molar-refractivity contribution in [3.05, 3.63) is 88.7 Å². The molecule has 158 valence electrons. The minimum Gasteiger partial charge on any atom is -0.497 e. The quantitative estimate of drug-likeness (QED) is 0.470. The number of hydrogen-bond acceptors (Lipinski definition) is 5. The molecule has 3 aromatic rings. The first-order chi connectivity index (χ1) is 15.1. The van der Waals surface area contributed by atoms with Gasteiger partial charge in [0.1, 0.15) is 29.6 Å². The van der Waals surface area contributed by atoms with Gasteiger partial charge in [-0.2, -0.15) is 0 Å². The largest absolute Gasteiger partial charge is 0.497 e. The monoisotopic (exact) mass is 416 g/mol. The molecule has 0 N–H and O–H groups in total. The number of Topliss-reactive ketones (excluding diaryl/α,β-unsaturated/α-hetero) is 1. The van der Waals surface area contributed by atoms with Gasteiger partial charge >= 0.3 is 0 Å². The van der Waals surface area contributed by atoms with E-state index in [2.05, 4.69) is 0 Å². The molecule has 0 fully saturated rings. The molecule has 1 aliphatic heterocycles. The van der Waals surface area contributed by atoms with Crippen LogP contribution in [0.15, 0.2) is 66.4 Å². The third-order valence-electron chi connectivity index (χ3n) is 5.08. The van der Waals surface area contributed by atoms with Gasteiger partial charge in [0.15, 0.2) is 5.76 Å². The maximum absolute atomic E-state index is 12.8. The predicted molar refractivity (Wildman–Crippen MR) is 119 cm³/mol. The van der Waals surface area contributed by atoms with Crippen molar-refractivity contribution >= 4 is 11.9 Å². The number of hydrogen-bond donors (Lipinski definition) is 0. The highest BCUT2D eigenvalue weighted by molar-refractivity contribution is 6.14. The Kier molecular flexibility index (Phi) is 5.94. The zero-order valence-electron chi connectivity index (χ0n) is 17.8. The van der Waals surface area contributed by atoms with E-state index in [0.29, 0.717) is 36.0 Å². The smallest absolute Gasteiger partial charge is 0.231 e. The highest BCUT2D eigenvalue weighted by atomic mass is 16.5. The van der Waals surface area contributed by atoms with Crippen LogP contribution in [-0.2, 0) is 6.61 Å². The number of fused-ring (bicyclic) bond motifs is 1. The summed E-state index contributed by atoms with van der Waals surface area (Å²) in [7, 11) is 1.64. The lowest BCUT2D eigenvalue weighted by molar-refractivity contribution is 0.101. The highest BCUT2D eigenvalue weighted by Crippen LogP contribution is 2.39. The van der Waals surface area contributed by atoms with Crippen molar-refractivity contribution in [2.24, 2.45) is 0 Å². The number of carbonyl (C=O) groups excluding carboxylic acids is 1. The van der Waals surface area contributed by atoms with E-state index in [9.17, 15) is 4.79 Å². The number of ether oxygens (including phenoxy) is 4. The van der Waals surface area contributed by atoms with Gasteiger partial charge in [0.05, 0.1) is 19.3 Å². The summed E-state index contributed by atoms with van der Waals surface area (Å²) in [6.07, 6.45) is 1.75. The van der Waals surface area contributed by atoms with Gasteiger partial charge in [0, 0.05) is 5.56 Å². The first-order valence-corrected chi connectivity index (χ1v) is 10.2. The zero-order chi connectivity index (χ0) is 21.8. The van der Waals surface area contributed by atoms with Crippen LogP contribution in [0.3, 0.4) is 0 Å². The van der Waals surface area contributed by atoms with Crippen LogP contribution >= 0.6 is 0 Å². The fourth-order valence-electron chi connectivity index (χ4n) is 3.39. The molecule has 0 spiro atoms. The second-order valence-electron chi connectivity index (χ2n) is 7.14. The molecular formula is C26H24O5. The Bertz CT molecular complexity index is 1110. The van der Waals surface area contributed by atoms with E-state index in [1.165, 1.54) is 0 Å². The molecule has 4 rings (SSSR count). The Hall–Kier alpha value is -3.73. The number of ketones is 1. The number of rotatable bonds is 7. The van der Waals surface area contributed by atoms with Crippen LogP contribution in [0, 0.1) is 6.92 Å². The summed E-state index contributed by atoms with van der Waals surface area (Å²) in [5.74, 6) is 3.00. The molecule has 3 aromatic carbocycles. The highest BCUT2D eigenvalue weighted by Gasteiger charge is 2.30. The average Bonchev–Trinajstić information content (AvgIpc) is 3.11. The number of carbonyl (C=O) groups is 1. The molecule has 0 aromatic heterocycles.